The molecular weight excluding hydrogens is 710 g/mol. The molecule has 3 saturated heterocycles. The zero-order chi connectivity index (χ0) is 37.2. The van der Waals surface area contributed by atoms with Gasteiger partial charge in [-0.25, -0.2) is 0 Å². The Morgan fingerprint density at radius 2 is 1.75 bits per heavy atom. The minimum Gasteiger partial charge on any atom is -0.434 e. The zero-order valence-corrected chi connectivity index (χ0v) is 30.0. The number of imide groups is 1. The van der Waals surface area contributed by atoms with Gasteiger partial charge in [0.15, 0.2) is 0 Å². The van der Waals surface area contributed by atoms with Crippen LogP contribution in [0.4, 0.5) is 14.5 Å². The number of hydrogen-bond acceptors (Lipinski definition) is 9. The number of rotatable bonds is 10. The Balaban J connectivity index is 0.907. The van der Waals surface area contributed by atoms with Crippen LogP contribution in [0.5, 0.6) is 5.75 Å². The number of aromatic nitrogens is 3. The van der Waals surface area contributed by atoms with Gasteiger partial charge in [-0.05, 0) is 73.7 Å². The van der Waals surface area contributed by atoms with E-state index < -0.39 is 12.7 Å². The number of nitrogens with one attached hydrogen (secondary N) is 3. The van der Waals surface area contributed by atoms with Crippen LogP contribution >= 0.6 is 11.6 Å². The molecule has 1 atom stereocenters. The predicted molar refractivity (Wildman–Crippen MR) is 195 cm³/mol. The van der Waals surface area contributed by atoms with Crippen LogP contribution < -0.4 is 20.9 Å². The molecular formula is C37H41ClF2N8O5. The van der Waals surface area contributed by atoms with E-state index in [1.807, 2.05) is 17.0 Å². The molecule has 0 radical (unpaired) electrons. The lowest BCUT2D eigenvalue weighted by Crippen LogP contribution is -2.51. The van der Waals surface area contributed by atoms with E-state index in [0.717, 1.165) is 31.6 Å². The SMILES string of the molecule is Cn1cc(-c2cc(Cl)c(CN3CCN(C(=O)CN4CCC(c5ccc(NC6CCC(=O)NC6=O)cc5)CC4)CC3)c(OC(F)F)c2)c2cn[nH]c2c1=O. The molecule has 0 spiro atoms. The molecule has 2 aromatic heterocycles. The van der Waals surface area contributed by atoms with Gasteiger partial charge in [0.2, 0.25) is 17.7 Å². The van der Waals surface area contributed by atoms with E-state index in [1.165, 1.54) is 22.4 Å². The predicted octanol–water partition coefficient (Wildman–Crippen LogP) is 3.92. The van der Waals surface area contributed by atoms with Crippen LogP contribution in [0.3, 0.4) is 0 Å². The van der Waals surface area contributed by atoms with E-state index in [1.54, 1.807) is 19.3 Å². The summed E-state index contributed by atoms with van der Waals surface area (Å²) < 4.78 is 33.6. The topological polar surface area (TPSA) is 145 Å². The third kappa shape index (κ3) is 8.21. The summed E-state index contributed by atoms with van der Waals surface area (Å²) >= 11 is 6.73. The van der Waals surface area contributed by atoms with Crippen LogP contribution in [0.2, 0.25) is 5.02 Å². The molecule has 2 aromatic carbocycles. The number of fused-ring (bicyclic) bond motifs is 1. The van der Waals surface area contributed by atoms with Crippen LogP contribution in [-0.2, 0) is 28.0 Å². The zero-order valence-electron chi connectivity index (χ0n) is 29.2. The second kappa shape index (κ2) is 15.6. The summed E-state index contributed by atoms with van der Waals surface area (Å²) in [6.45, 7) is 1.25. The number of carbonyl (C=O) groups is 3. The highest BCUT2D eigenvalue weighted by Crippen LogP contribution is 2.37. The largest absolute Gasteiger partial charge is 0.434 e. The maximum Gasteiger partial charge on any atom is 0.387 e. The van der Waals surface area contributed by atoms with Gasteiger partial charge in [0.05, 0.1) is 12.7 Å². The van der Waals surface area contributed by atoms with Crippen molar-refractivity contribution in [1.82, 2.24) is 34.8 Å². The van der Waals surface area contributed by atoms with Crippen molar-refractivity contribution in [3.05, 3.63) is 75.3 Å². The van der Waals surface area contributed by atoms with E-state index >= 15 is 0 Å². The van der Waals surface area contributed by atoms with Crippen LogP contribution in [-0.4, -0.2) is 106 Å². The first kappa shape index (κ1) is 36.5. The Morgan fingerprint density at radius 3 is 2.45 bits per heavy atom. The molecule has 3 N–H and O–H groups in total. The number of amides is 3. The maximum absolute atomic E-state index is 13.6. The second-order valence-electron chi connectivity index (χ2n) is 13.9. The number of aryl methyl sites for hydroxylation is 1. The summed E-state index contributed by atoms with van der Waals surface area (Å²) in [6.07, 6.45) is 5.78. The highest BCUT2D eigenvalue weighted by Gasteiger charge is 2.29. The van der Waals surface area contributed by atoms with Crippen molar-refractivity contribution in [3.63, 3.8) is 0 Å². The molecule has 1 unspecified atom stereocenters. The summed E-state index contributed by atoms with van der Waals surface area (Å²) in [4.78, 5) is 55.4. The highest BCUT2D eigenvalue weighted by molar-refractivity contribution is 6.32. The van der Waals surface area contributed by atoms with Gasteiger partial charge in [-0.1, -0.05) is 23.7 Å². The number of likely N-dealkylation sites (tertiary alicyclic amines) is 1. The third-order valence-electron chi connectivity index (χ3n) is 10.5. The molecule has 53 heavy (non-hydrogen) atoms. The van der Waals surface area contributed by atoms with E-state index in [-0.39, 0.29) is 40.6 Å². The molecule has 0 aliphatic carbocycles. The molecule has 7 rings (SSSR count). The minimum absolute atomic E-state index is 0.0465. The van der Waals surface area contributed by atoms with Crippen molar-refractivity contribution in [2.45, 2.75) is 50.8 Å². The fraction of sp³-hybridized carbons (Fsp3) is 0.432. The Labute approximate surface area is 309 Å². The number of benzene rings is 2. The number of halogens is 3. The van der Waals surface area contributed by atoms with Crippen molar-refractivity contribution < 1.29 is 27.9 Å². The summed E-state index contributed by atoms with van der Waals surface area (Å²) in [7, 11) is 1.60. The van der Waals surface area contributed by atoms with Crippen molar-refractivity contribution in [2.24, 2.45) is 7.05 Å². The Bertz CT molecular complexity index is 2060. The Hall–Kier alpha value is -4.86. The lowest BCUT2D eigenvalue weighted by atomic mass is 9.89. The Morgan fingerprint density at radius 1 is 1.02 bits per heavy atom. The summed E-state index contributed by atoms with van der Waals surface area (Å²) in [5, 5.41) is 13.1. The van der Waals surface area contributed by atoms with Gasteiger partial charge in [-0.3, -0.25) is 39.4 Å². The summed E-state index contributed by atoms with van der Waals surface area (Å²) in [5.41, 5.74) is 3.61. The number of pyridine rings is 1. The monoisotopic (exact) mass is 750 g/mol. The molecule has 3 aliphatic rings. The lowest BCUT2D eigenvalue weighted by molar-refractivity contribution is -0.135. The molecule has 3 amide bonds. The van der Waals surface area contributed by atoms with Gasteiger partial charge in [-0.15, -0.1) is 0 Å². The number of anilines is 1. The average molecular weight is 751 g/mol. The van der Waals surface area contributed by atoms with E-state index in [0.29, 0.717) is 79.1 Å². The molecule has 0 bridgehead atoms. The Kier molecular flexibility index (Phi) is 10.8. The number of carbonyl (C=O) groups excluding carboxylic acids is 3. The van der Waals surface area contributed by atoms with Gasteiger partial charge >= 0.3 is 6.61 Å². The number of piperazine rings is 1. The van der Waals surface area contributed by atoms with Crippen molar-refractivity contribution in [3.8, 4) is 16.9 Å². The molecule has 3 aliphatic heterocycles. The molecule has 13 nitrogen and oxygen atoms in total. The van der Waals surface area contributed by atoms with Gasteiger partial charge in [0.25, 0.3) is 5.56 Å². The van der Waals surface area contributed by atoms with Crippen molar-refractivity contribution >= 4 is 45.9 Å². The smallest absolute Gasteiger partial charge is 0.387 e. The molecule has 0 saturated carbocycles. The second-order valence-corrected chi connectivity index (χ2v) is 14.3. The lowest BCUT2D eigenvalue weighted by Gasteiger charge is -2.37. The number of ether oxygens (including phenoxy) is 1. The molecule has 280 valence electrons. The van der Waals surface area contributed by atoms with E-state index in [4.69, 9.17) is 16.3 Å². The maximum atomic E-state index is 13.6. The van der Waals surface area contributed by atoms with Gasteiger partial charge in [0.1, 0.15) is 17.3 Å². The molecule has 3 fully saturated rings. The number of nitrogens with zero attached hydrogens (tertiary/aromatic N) is 5. The molecule has 4 aromatic rings. The standard InChI is InChI=1S/C37H41ClF2N8O5/c1-45-19-27(26-18-41-44-34(26)36(45)52)24-16-29(38)28(31(17-24)53-37(39)40)20-47-12-14-48(15-13-47)33(50)21-46-10-8-23(9-11-46)22-2-4-25(5-3-22)42-30-6-7-32(49)43-35(30)51/h2-5,16-19,23,30,37,42H,6-15,20-21H2,1H3,(H,41,44)(H,43,49,51). The normalized spacial score (nSPS) is 19.2. The van der Waals surface area contributed by atoms with Crippen molar-refractivity contribution in [1.29, 1.82) is 0 Å². The van der Waals surface area contributed by atoms with Gasteiger partial charge in [0, 0.05) is 79.6 Å². The van der Waals surface area contributed by atoms with Crippen LogP contribution in [0, 0.1) is 0 Å². The first-order chi connectivity index (χ1) is 25.5. The summed E-state index contributed by atoms with van der Waals surface area (Å²) in [5.74, 6) is -0.135. The van der Waals surface area contributed by atoms with Crippen molar-refractivity contribution in [2.75, 3.05) is 51.1 Å². The van der Waals surface area contributed by atoms with E-state index in [9.17, 15) is 28.0 Å². The van der Waals surface area contributed by atoms with Gasteiger partial charge in [-0.2, -0.15) is 13.9 Å². The highest BCUT2D eigenvalue weighted by atomic mass is 35.5. The number of H-pyrrole nitrogens is 1. The first-order valence-corrected chi connectivity index (χ1v) is 18.1. The minimum atomic E-state index is -3.07. The fourth-order valence-corrected chi connectivity index (χ4v) is 7.75. The first-order valence-electron chi connectivity index (χ1n) is 17.8. The summed E-state index contributed by atoms with van der Waals surface area (Å²) in [6, 6.07) is 10.9. The van der Waals surface area contributed by atoms with Crippen LogP contribution in [0.1, 0.15) is 42.7 Å². The van der Waals surface area contributed by atoms with E-state index in [2.05, 4.69) is 42.8 Å². The number of hydrogen-bond donors (Lipinski definition) is 3. The average Bonchev–Trinajstić information content (AvgIpc) is 3.64. The van der Waals surface area contributed by atoms with Gasteiger partial charge < -0.3 is 19.5 Å². The number of piperidine rings is 2. The quantitative estimate of drug-likeness (QED) is 0.206. The third-order valence-corrected chi connectivity index (χ3v) is 10.8. The van der Waals surface area contributed by atoms with Crippen LogP contribution in [0.25, 0.3) is 22.0 Å². The number of aromatic amines is 1. The molecule has 16 heteroatoms. The molecule has 5 heterocycles. The fourth-order valence-electron chi connectivity index (χ4n) is 7.48. The van der Waals surface area contributed by atoms with Crippen LogP contribution in [0.15, 0.2) is 53.6 Å². The number of alkyl halides is 2.